The fraction of sp³-hybridized carbons (Fsp3) is 0.278. The Morgan fingerprint density at radius 1 is 1.12 bits per heavy atom. The van der Waals surface area contributed by atoms with Crippen LogP contribution < -0.4 is 10.9 Å². The second-order valence-electron chi connectivity index (χ2n) is 5.78. The molecule has 2 aromatic rings. The molecule has 0 aliphatic carbocycles. The van der Waals surface area contributed by atoms with Crippen LogP contribution in [0.5, 0.6) is 0 Å². The summed E-state index contributed by atoms with van der Waals surface area (Å²) in [5.41, 5.74) is 1.63. The number of likely N-dealkylation sites (tertiary alicyclic amines) is 1. The predicted octanol–water partition coefficient (Wildman–Crippen LogP) is 1.43. The minimum atomic E-state index is -0.413. The molecular weight excluding hydrogens is 306 g/mol. The Kier molecular flexibility index (Phi) is 4.74. The van der Waals surface area contributed by atoms with Crippen molar-refractivity contribution in [3.63, 3.8) is 0 Å². The van der Waals surface area contributed by atoms with E-state index in [1.165, 1.54) is 12.3 Å². The Morgan fingerprint density at radius 2 is 1.92 bits per heavy atom. The highest BCUT2D eigenvalue weighted by molar-refractivity contribution is 5.93. The van der Waals surface area contributed by atoms with E-state index in [2.05, 4.69) is 10.3 Å². The fourth-order valence-electron chi connectivity index (χ4n) is 2.83. The fourth-order valence-corrected chi connectivity index (χ4v) is 2.83. The summed E-state index contributed by atoms with van der Waals surface area (Å²) in [4.78, 5) is 39.9. The number of aromatic nitrogens is 1. The third-order valence-corrected chi connectivity index (χ3v) is 4.15. The molecule has 1 aliphatic heterocycles. The van der Waals surface area contributed by atoms with Gasteiger partial charge in [0.1, 0.15) is 5.56 Å². The normalized spacial score (nSPS) is 14.0. The molecule has 0 radical (unpaired) electrons. The van der Waals surface area contributed by atoms with Crippen LogP contribution >= 0.6 is 0 Å². The molecule has 0 saturated carbocycles. The molecule has 0 bridgehead atoms. The summed E-state index contributed by atoms with van der Waals surface area (Å²) in [5.74, 6) is -0.242. The van der Waals surface area contributed by atoms with Crippen molar-refractivity contribution in [2.75, 3.05) is 6.54 Å². The van der Waals surface area contributed by atoms with E-state index in [-0.39, 0.29) is 11.5 Å². The lowest BCUT2D eigenvalue weighted by molar-refractivity contribution is -0.128. The molecule has 0 atom stereocenters. The highest BCUT2D eigenvalue weighted by Crippen LogP contribution is 2.17. The SMILES string of the molecule is O=C(NCc1ccccc1CN1CCCC1=O)c1ccc[nH]c1=O. The van der Waals surface area contributed by atoms with Gasteiger partial charge in [-0.15, -0.1) is 0 Å². The zero-order valence-electron chi connectivity index (χ0n) is 13.2. The summed E-state index contributed by atoms with van der Waals surface area (Å²) >= 11 is 0. The van der Waals surface area contributed by atoms with Crippen LogP contribution in [0.25, 0.3) is 0 Å². The second-order valence-corrected chi connectivity index (χ2v) is 5.78. The van der Waals surface area contributed by atoms with Crippen molar-refractivity contribution in [1.82, 2.24) is 15.2 Å². The first-order chi connectivity index (χ1) is 11.6. The van der Waals surface area contributed by atoms with Crippen LogP contribution in [0.1, 0.15) is 34.3 Å². The maximum atomic E-state index is 12.2. The molecule has 0 spiro atoms. The van der Waals surface area contributed by atoms with E-state index >= 15 is 0 Å². The molecule has 6 nitrogen and oxygen atoms in total. The molecule has 2 amide bonds. The van der Waals surface area contributed by atoms with Gasteiger partial charge in [0.25, 0.3) is 11.5 Å². The van der Waals surface area contributed by atoms with Gasteiger partial charge in [-0.05, 0) is 29.7 Å². The maximum absolute atomic E-state index is 12.2. The number of amides is 2. The Hall–Kier alpha value is -2.89. The lowest BCUT2D eigenvalue weighted by Crippen LogP contribution is -2.30. The Morgan fingerprint density at radius 3 is 2.62 bits per heavy atom. The monoisotopic (exact) mass is 325 g/mol. The average molecular weight is 325 g/mol. The van der Waals surface area contributed by atoms with Gasteiger partial charge in [0.05, 0.1) is 0 Å². The maximum Gasteiger partial charge on any atom is 0.260 e. The molecule has 6 heteroatoms. The van der Waals surface area contributed by atoms with E-state index in [0.717, 1.165) is 24.1 Å². The molecule has 1 fully saturated rings. The highest BCUT2D eigenvalue weighted by Gasteiger charge is 2.21. The lowest BCUT2D eigenvalue weighted by atomic mass is 10.1. The van der Waals surface area contributed by atoms with E-state index < -0.39 is 11.5 Å². The molecule has 24 heavy (non-hydrogen) atoms. The number of carbonyl (C=O) groups is 2. The van der Waals surface area contributed by atoms with Gasteiger partial charge in [0, 0.05) is 32.3 Å². The summed E-state index contributed by atoms with van der Waals surface area (Å²) in [6, 6.07) is 10.8. The van der Waals surface area contributed by atoms with Crippen molar-refractivity contribution in [3.05, 3.63) is 69.6 Å². The van der Waals surface area contributed by atoms with E-state index in [9.17, 15) is 14.4 Å². The first kappa shape index (κ1) is 16.0. The summed E-state index contributed by atoms with van der Waals surface area (Å²) in [6.07, 6.45) is 2.99. The van der Waals surface area contributed by atoms with Gasteiger partial charge in [-0.1, -0.05) is 24.3 Å². The summed E-state index contributed by atoms with van der Waals surface area (Å²) < 4.78 is 0. The number of hydrogen-bond acceptors (Lipinski definition) is 3. The second kappa shape index (κ2) is 7.12. The lowest BCUT2D eigenvalue weighted by Gasteiger charge is -2.18. The third kappa shape index (κ3) is 3.53. The zero-order valence-corrected chi connectivity index (χ0v) is 13.2. The molecular formula is C18H19N3O3. The van der Waals surface area contributed by atoms with Gasteiger partial charge >= 0.3 is 0 Å². The number of benzene rings is 1. The van der Waals surface area contributed by atoms with Gasteiger partial charge < -0.3 is 15.2 Å². The van der Waals surface area contributed by atoms with Gasteiger partial charge in [-0.2, -0.15) is 0 Å². The predicted molar refractivity (Wildman–Crippen MR) is 89.3 cm³/mol. The van der Waals surface area contributed by atoms with Gasteiger partial charge in [0.2, 0.25) is 5.91 Å². The molecule has 1 aromatic carbocycles. The largest absolute Gasteiger partial charge is 0.348 e. The van der Waals surface area contributed by atoms with Crippen LogP contribution in [0.15, 0.2) is 47.4 Å². The van der Waals surface area contributed by atoms with E-state index in [0.29, 0.717) is 19.5 Å². The molecule has 1 saturated heterocycles. The Bertz CT molecular complexity index is 813. The number of nitrogens with one attached hydrogen (secondary N) is 2. The third-order valence-electron chi connectivity index (χ3n) is 4.15. The smallest absolute Gasteiger partial charge is 0.260 e. The summed E-state index contributed by atoms with van der Waals surface area (Å²) in [6.45, 7) is 1.64. The van der Waals surface area contributed by atoms with E-state index in [1.807, 2.05) is 29.2 Å². The quantitative estimate of drug-likeness (QED) is 0.872. The van der Waals surface area contributed by atoms with E-state index in [4.69, 9.17) is 0 Å². The van der Waals surface area contributed by atoms with E-state index in [1.54, 1.807) is 6.07 Å². The molecule has 0 unspecified atom stereocenters. The van der Waals surface area contributed by atoms with Crippen LogP contribution in [0.2, 0.25) is 0 Å². The first-order valence-electron chi connectivity index (χ1n) is 7.95. The van der Waals surface area contributed by atoms with Gasteiger partial charge in [-0.3, -0.25) is 14.4 Å². The van der Waals surface area contributed by atoms with Gasteiger partial charge in [0.15, 0.2) is 0 Å². The number of rotatable bonds is 5. The van der Waals surface area contributed by atoms with Crippen molar-refractivity contribution in [2.24, 2.45) is 0 Å². The van der Waals surface area contributed by atoms with Gasteiger partial charge in [-0.25, -0.2) is 0 Å². The van der Waals surface area contributed by atoms with Crippen molar-refractivity contribution in [2.45, 2.75) is 25.9 Å². The minimum Gasteiger partial charge on any atom is -0.348 e. The molecule has 1 aromatic heterocycles. The van der Waals surface area contributed by atoms with Crippen molar-refractivity contribution < 1.29 is 9.59 Å². The number of aromatic amines is 1. The number of carbonyl (C=O) groups excluding carboxylic acids is 2. The van der Waals surface area contributed by atoms with Crippen LogP contribution in [0.3, 0.4) is 0 Å². The number of nitrogens with zero attached hydrogens (tertiary/aromatic N) is 1. The standard InChI is InChI=1S/C18H19N3O3/c22-16-8-4-10-21(16)12-14-6-2-1-5-13(14)11-20-18(24)15-7-3-9-19-17(15)23/h1-3,5-7,9H,4,8,10-12H2,(H,19,23)(H,20,24). The Balaban J connectivity index is 1.69. The summed E-state index contributed by atoms with van der Waals surface area (Å²) in [5, 5.41) is 2.77. The van der Waals surface area contributed by atoms with Crippen LogP contribution in [0, 0.1) is 0 Å². The van der Waals surface area contributed by atoms with Crippen LogP contribution in [-0.2, 0) is 17.9 Å². The molecule has 1 aliphatic rings. The van der Waals surface area contributed by atoms with Crippen LogP contribution in [-0.4, -0.2) is 28.2 Å². The van der Waals surface area contributed by atoms with Crippen molar-refractivity contribution in [1.29, 1.82) is 0 Å². The molecule has 2 heterocycles. The molecule has 124 valence electrons. The Labute approximate surface area is 139 Å². The highest BCUT2D eigenvalue weighted by atomic mass is 16.2. The average Bonchev–Trinajstić information content (AvgIpc) is 2.99. The van der Waals surface area contributed by atoms with Crippen molar-refractivity contribution >= 4 is 11.8 Å². The molecule has 2 N–H and O–H groups in total. The molecule has 3 rings (SSSR count). The number of hydrogen-bond donors (Lipinski definition) is 2. The summed E-state index contributed by atoms with van der Waals surface area (Å²) in [7, 11) is 0. The zero-order chi connectivity index (χ0) is 16.9. The van der Waals surface area contributed by atoms with Crippen LogP contribution in [0.4, 0.5) is 0 Å². The number of H-pyrrole nitrogens is 1. The topological polar surface area (TPSA) is 82.3 Å². The minimum absolute atomic E-state index is 0.0877. The van der Waals surface area contributed by atoms with Crippen molar-refractivity contribution in [3.8, 4) is 0 Å². The number of pyridine rings is 1. The first-order valence-corrected chi connectivity index (χ1v) is 7.95.